The van der Waals surface area contributed by atoms with Crippen LogP contribution in [0.5, 0.6) is 0 Å². The molecule has 0 saturated heterocycles. The Morgan fingerprint density at radius 3 is 2.38 bits per heavy atom. The Bertz CT molecular complexity index is 534. The van der Waals surface area contributed by atoms with Gasteiger partial charge in [0.2, 0.25) is 6.29 Å². The predicted molar refractivity (Wildman–Crippen MR) is 105 cm³/mol. The lowest BCUT2D eigenvalue weighted by Gasteiger charge is -2.45. The molecule has 1 fully saturated rings. The summed E-state index contributed by atoms with van der Waals surface area (Å²) in [5.74, 6) is 0.327. The van der Waals surface area contributed by atoms with E-state index in [1.54, 1.807) is 0 Å². The van der Waals surface area contributed by atoms with Crippen molar-refractivity contribution >= 4 is 5.97 Å². The normalized spacial score (nSPS) is 19.1. The summed E-state index contributed by atoms with van der Waals surface area (Å²) in [6.45, 7) is 10.1. The molecule has 1 aromatic rings. The summed E-state index contributed by atoms with van der Waals surface area (Å²) in [5.41, 5.74) is 0.751. The van der Waals surface area contributed by atoms with Crippen LogP contribution in [0, 0.1) is 18.8 Å². The molecule has 3 nitrogen and oxygen atoms in total. The molecule has 1 aromatic carbocycles. The summed E-state index contributed by atoms with van der Waals surface area (Å²) >= 11 is 0. The molecule has 2 atom stereocenters. The molecule has 0 amide bonds. The van der Waals surface area contributed by atoms with Gasteiger partial charge in [0.25, 0.3) is 0 Å². The standard InChI is InChI=1S/C23H35O3/c1-5-17-23(19-13-9-7-10-14-19,20-15-11-8-12-16-20)26-22(18(3)4)25-21(24)6-2/h7,9-10,13-14,18,20,22H,1,5-6,8,11-12,15-17H2,2-4H3. The van der Waals surface area contributed by atoms with E-state index in [1.807, 2.05) is 13.0 Å². The Kier molecular flexibility index (Phi) is 8.15. The zero-order valence-corrected chi connectivity index (χ0v) is 16.7. The molecule has 0 aromatic heterocycles. The lowest BCUT2D eigenvalue weighted by atomic mass is 9.71. The van der Waals surface area contributed by atoms with Gasteiger partial charge in [0.1, 0.15) is 5.60 Å². The van der Waals surface area contributed by atoms with Gasteiger partial charge < -0.3 is 9.47 Å². The summed E-state index contributed by atoms with van der Waals surface area (Å²) in [6.07, 6.45) is 7.54. The molecule has 145 valence electrons. The summed E-state index contributed by atoms with van der Waals surface area (Å²) in [5, 5.41) is 0. The largest absolute Gasteiger partial charge is 0.435 e. The van der Waals surface area contributed by atoms with Gasteiger partial charge in [-0.2, -0.15) is 0 Å². The van der Waals surface area contributed by atoms with Crippen LogP contribution >= 0.6 is 0 Å². The van der Waals surface area contributed by atoms with Gasteiger partial charge >= 0.3 is 5.97 Å². The predicted octanol–water partition coefficient (Wildman–Crippen LogP) is 6.03. The van der Waals surface area contributed by atoms with Crippen LogP contribution < -0.4 is 0 Å². The fourth-order valence-electron chi connectivity index (χ4n) is 4.08. The van der Waals surface area contributed by atoms with Gasteiger partial charge in [-0.15, -0.1) is 0 Å². The van der Waals surface area contributed by atoms with Crippen LogP contribution in [0.25, 0.3) is 0 Å². The lowest BCUT2D eigenvalue weighted by Crippen LogP contribution is -2.44. The van der Waals surface area contributed by atoms with Crippen molar-refractivity contribution in [3.05, 3.63) is 42.8 Å². The zero-order chi connectivity index (χ0) is 19.0. The molecule has 1 radical (unpaired) electrons. The molecule has 1 saturated carbocycles. The van der Waals surface area contributed by atoms with Crippen molar-refractivity contribution in [1.29, 1.82) is 0 Å². The molecule has 3 heteroatoms. The maximum Gasteiger partial charge on any atom is 0.307 e. The van der Waals surface area contributed by atoms with E-state index in [2.05, 4.69) is 45.0 Å². The van der Waals surface area contributed by atoms with E-state index >= 15 is 0 Å². The average Bonchev–Trinajstić information content (AvgIpc) is 2.68. The lowest BCUT2D eigenvalue weighted by molar-refractivity contribution is -0.249. The fourth-order valence-corrected chi connectivity index (χ4v) is 4.08. The number of hydrogen-bond acceptors (Lipinski definition) is 3. The molecular formula is C23H35O3. The minimum Gasteiger partial charge on any atom is -0.435 e. The number of hydrogen-bond donors (Lipinski definition) is 0. The fraction of sp³-hybridized carbons (Fsp3) is 0.652. The monoisotopic (exact) mass is 359 g/mol. The van der Waals surface area contributed by atoms with Gasteiger partial charge in [0.15, 0.2) is 0 Å². The van der Waals surface area contributed by atoms with Gasteiger partial charge in [-0.25, -0.2) is 0 Å². The molecule has 0 heterocycles. The SMILES string of the molecule is [CH2]CCC(OC(OC(=O)CC)C(C)C)(c1ccccc1)C1CCCCC1. The second-order valence-corrected chi connectivity index (χ2v) is 7.77. The quantitative estimate of drug-likeness (QED) is 0.399. The van der Waals surface area contributed by atoms with E-state index in [9.17, 15) is 4.79 Å². The molecule has 0 N–H and O–H groups in total. The van der Waals surface area contributed by atoms with Crippen molar-refractivity contribution in [3.8, 4) is 0 Å². The maximum absolute atomic E-state index is 12.0. The Hall–Kier alpha value is -1.35. The summed E-state index contributed by atoms with van der Waals surface area (Å²) in [7, 11) is 0. The van der Waals surface area contributed by atoms with Crippen LogP contribution in [0.3, 0.4) is 0 Å². The average molecular weight is 360 g/mol. The van der Waals surface area contributed by atoms with Crippen molar-refractivity contribution in [2.45, 2.75) is 84.0 Å². The molecule has 0 spiro atoms. The third-order valence-corrected chi connectivity index (χ3v) is 5.48. The topological polar surface area (TPSA) is 35.5 Å². The van der Waals surface area contributed by atoms with E-state index in [0.717, 1.165) is 25.7 Å². The van der Waals surface area contributed by atoms with Crippen LogP contribution in [0.15, 0.2) is 30.3 Å². The van der Waals surface area contributed by atoms with E-state index in [-0.39, 0.29) is 11.9 Å². The summed E-state index contributed by atoms with van der Waals surface area (Å²) < 4.78 is 12.4. The van der Waals surface area contributed by atoms with Crippen molar-refractivity contribution in [3.63, 3.8) is 0 Å². The van der Waals surface area contributed by atoms with Gasteiger partial charge in [0, 0.05) is 12.3 Å². The first-order chi connectivity index (χ1) is 12.5. The number of esters is 1. The Morgan fingerprint density at radius 2 is 1.85 bits per heavy atom. The van der Waals surface area contributed by atoms with Gasteiger partial charge in [-0.05, 0) is 30.7 Å². The van der Waals surface area contributed by atoms with Crippen LogP contribution in [0.2, 0.25) is 0 Å². The molecule has 0 bridgehead atoms. The van der Waals surface area contributed by atoms with Gasteiger partial charge in [-0.3, -0.25) is 4.79 Å². The van der Waals surface area contributed by atoms with Crippen molar-refractivity contribution < 1.29 is 14.3 Å². The highest BCUT2D eigenvalue weighted by Gasteiger charge is 2.44. The smallest absolute Gasteiger partial charge is 0.307 e. The Labute approximate surface area is 159 Å². The van der Waals surface area contributed by atoms with E-state index in [4.69, 9.17) is 9.47 Å². The van der Waals surface area contributed by atoms with Gasteiger partial charge in [0.05, 0.1) is 0 Å². The molecule has 0 aliphatic heterocycles. The molecule has 2 unspecified atom stereocenters. The molecular weight excluding hydrogens is 324 g/mol. The molecule has 1 aliphatic carbocycles. The van der Waals surface area contributed by atoms with Crippen molar-refractivity contribution in [1.82, 2.24) is 0 Å². The second kappa shape index (κ2) is 10.1. The van der Waals surface area contributed by atoms with Gasteiger partial charge in [-0.1, -0.05) is 83.7 Å². The Morgan fingerprint density at radius 1 is 1.19 bits per heavy atom. The molecule has 2 rings (SSSR count). The highest BCUT2D eigenvalue weighted by molar-refractivity contribution is 5.69. The highest BCUT2D eigenvalue weighted by atomic mass is 16.7. The Balaban J connectivity index is 2.41. The minimum absolute atomic E-state index is 0.0991. The van der Waals surface area contributed by atoms with Crippen molar-refractivity contribution in [2.24, 2.45) is 11.8 Å². The van der Waals surface area contributed by atoms with Crippen LogP contribution in [-0.4, -0.2) is 12.3 Å². The number of carbonyl (C=O) groups is 1. The third kappa shape index (κ3) is 5.09. The third-order valence-electron chi connectivity index (χ3n) is 5.48. The first-order valence-electron chi connectivity index (χ1n) is 10.3. The van der Waals surface area contributed by atoms with Crippen LogP contribution in [0.4, 0.5) is 0 Å². The van der Waals surface area contributed by atoms with E-state index in [1.165, 1.54) is 24.8 Å². The zero-order valence-electron chi connectivity index (χ0n) is 16.7. The first kappa shape index (κ1) is 21.0. The number of carbonyl (C=O) groups excluding carboxylic acids is 1. The summed E-state index contributed by atoms with van der Waals surface area (Å²) in [6, 6.07) is 10.5. The number of ether oxygens (including phenoxy) is 2. The molecule has 1 aliphatic rings. The second-order valence-electron chi connectivity index (χ2n) is 7.77. The first-order valence-corrected chi connectivity index (χ1v) is 10.3. The van der Waals surface area contributed by atoms with E-state index in [0.29, 0.717) is 12.3 Å². The molecule has 26 heavy (non-hydrogen) atoms. The number of rotatable bonds is 9. The van der Waals surface area contributed by atoms with E-state index < -0.39 is 11.9 Å². The highest BCUT2D eigenvalue weighted by Crippen LogP contribution is 2.46. The van der Waals surface area contributed by atoms with Crippen molar-refractivity contribution in [2.75, 3.05) is 0 Å². The number of benzene rings is 1. The minimum atomic E-state index is -0.531. The maximum atomic E-state index is 12.0. The van der Waals surface area contributed by atoms with Crippen LogP contribution in [-0.2, 0) is 19.9 Å². The summed E-state index contributed by atoms with van der Waals surface area (Å²) in [4.78, 5) is 12.0. The van der Waals surface area contributed by atoms with Crippen LogP contribution in [0.1, 0.15) is 77.7 Å².